The van der Waals surface area contributed by atoms with Gasteiger partial charge in [-0.25, -0.2) is 0 Å². The quantitative estimate of drug-likeness (QED) is 0.726. The van der Waals surface area contributed by atoms with Crippen molar-refractivity contribution >= 4 is 20.0 Å². The van der Waals surface area contributed by atoms with Gasteiger partial charge in [0.05, 0.1) is 32.6 Å². The van der Waals surface area contributed by atoms with E-state index in [-0.39, 0.29) is 18.4 Å². The first-order chi connectivity index (χ1) is 7.70. The lowest BCUT2D eigenvalue weighted by Gasteiger charge is -2.25. The Balaban J connectivity index is 0.00000256. The molecule has 5 nitrogen and oxygen atoms in total. The van der Waals surface area contributed by atoms with Gasteiger partial charge in [0.25, 0.3) is 0 Å². The highest BCUT2D eigenvalue weighted by atomic mass is 35.5. The maximum Gasteiger partial charge on any atom is 0.330 e. The summed E-state index contributed by atoms with van der Waals surface area (Å²) in [5, 5.41) is 3.32. The van der Waals surface area contributed by atoms with Crippen LogP contribution in [0, 0.1) is 0 Å². The molecule has 0 aromatic rings. The molecule has 0 radical (unpaired) electrons. The molecule has 0 spiro atoms. The average Bonchev–Trinajstić information content (AvgIpc) is 2.29. The third-order valence-electron chi connectivity index (χ3n) is 2.40. The van der Waals surface area contributed by atoms with E-state index in [2.05, 4.69) is 5.32 Å². The summed E-state index contributed by atoms with van der Waals surface area (Å²) in [6.45, 7) is 6.79. The smallest absolute Gasteiger partial charge is 0.330 e. The van der Waals surface area contributed by atoms with Crippen LogP contribution in [0.1, 0.15) is 20.3 Å². The van der Waals surface area contributed by atoms with E-state index in [4.69, 9.17) is 13.8 Å². The number of ether oxygens (including phenoxy) is 1. The molecule has 1 N–H and O–H groups in total. The Labute approximate surface area is 110 Å². The second-order valence-corrected chi connectivity index (χ2v) is 5.87. The van der Waals surface area contributed by atoms with Gasteiger partial charge in [-0.3, -0.25) is 4.57 Å². The summed E-state index contributed by atoms with van der Waals surface area (Å²) >= 11 is 0. The summed E-state index contributed by atoms with van der Waals surface area (Å²) in [7, 11) is -2.88. The Morgan fingerprint density at radius 3 is 2.47 bits per heavy atom. The first-order valence-corrected chi connectivity index (χ1v) is 7.62. The molecule has 0 saturated carbocycles. The van der Waals surface area contributed by atoms with Crippen LogP contribution < -0.4 is 5.32 Å². The largest absolute Gasteiger partial charge is 0.379 e. The molecule has 0 aromatic carbocycles. The van der Waals surface area contributed by atoms with E-state index in [9.17, 15) is 4.57 Å². The van der Waals surface area contributed by atoms with Gasteiger partial charge in [0.1, 0.15) is 0 Å². The van der Waals surface area contributed by atoms with Gasteiger partial charge in [0, 0.05) is 12.6 Å². The van der Waals surface area contributed by atoms with Crippen LogP contribution in [0.3, 0.4) is 0 Å². The van der Waals surface area contributed by atoms with Crippen LogP contribution >= 0.6 is 20.0 Å². The Morgan fingerprint density at radius 1 is 1.35 bits per heavy atom. The van der Waals surface area contributed by atoms with Crippen molar-refractivity contribution in [2.24, 2.45) is 0 Å². The summed E-state index contributed by atoms with van der Waals surface area (Å²) in [5.41, 5.74) is 0. The van der Waals surface area contributed by atoms with Gasteiger partial charge in [-0.15, -0.1) is 12.4 Å². The Morgan fingerprint density at radius 2 is 2.00 bits per heavy atom. The van der Waals surface area contributed by atoms with E-state index in [0.29, 0.717) is 26.0 Å². The van der Waals surface area contributed by atoms with Crippen molar-refractivity contribution < 1.29 is 18.3 Å². The van der Waals surface area contributed by atoms with Crippen molar-refractivity contribution in [2.45, 2.75) is 26.3 Å². The summed E-state index contributed by atoms with van der Waals surface area (Å²) in [5.74, 6) is 0. The van der Waals surface area contributed by atoms with E-state index < -0.39 is 7.60 Å². The van der Waals surface area contributed by atoms with Gasteiger partial charge in [-0.1, -0.05) is 0 Å². The molecule has 1 aliphatic heterocycles. The minimum absolute atomic E-state index is 0. The SMILES string of the molecule is CCOP(=O)(CCC1COCCN1)OCC.Cl. The van der Waals surface area contributed by atoms with E-state index in [1.807, 2.05) is 13.8 Å². The van der Waals surface area contributed by atoms with Gasteiger partial charge in [0.15, 0.2) is 0 Å². The molecule has 7 heteroatoms. The minimum Gasteiger partial charge on any atom is -0.379 e. The van der Waals surface area contributed by atoms with Crippen LogP contribution in [0.15, 0.2) is 0 Å². The number of morpholine rings is 1. The average molecular weight is 288 g/mol. The maximum absolute atomic E-state index is 12.1. The van der Waals surface area contributed by atoms with E-state index in [0.717, 1.165) is 19.6 Å². The predicted molar refractivity (Wildman–Crippen MR) is 70.2 cm³/mol. The lowest BCUT2D eigenvalue weighted by molar-refractivity contribution is 0.0753. The fourth-order valence-corrected chi connectivity index (χ4v) is 3.43. The molecule has 0 aromatic heterocycles. The van der Waals surface area contributed by atoms with Crippen LogP contribution in [0.4, 0.5) is 0 Å². The molecule has 0 amide bonds. The molecule has 1 rings (SSSR count). The van der Waals surface area contributed by atoms with E-state index in [1.165, 1.54) is 0 Å². The molecule has 104 valence electrons. The van der Waals surface area contributed by atoms with Crippen molar-refractivity contribution in [3.63, 3.8) is 0 Å². The first kappa shape index (κ1) is 17.4. The highest BCUT2D eigenvalue weighted by Crippen LogP contribution is 2.48. The monoisotopic (exact) mass is 287 g/mol. The molecular formula is C10H23ClNO4P. The summed E-state index contributed by atoms with van der Waals surface area (Å²) in [4.78, 5) is 0. The zero-order valence-electron chi connectivity index (χ0n) is 10.5. The normalized spacial score (nSPS) is 20.9. The summed E-state index contributed by atoms with van der Waals surface area (Å²) < 4.78 is 27.9. The third kappa shape index (κ3) is 6.75. The van der Waals surface area contributed by atoms with Crippen molar-refractivity contribution in [3.05, 3.63) is 0 Å². The second kappa shape index (κ2) is 9.31. The lowest BCUT2D eigenvalue weighted by Crippen LogP contribution is -2.41. The van der Waals surface area contributed by atoms with Gasteiger partial charge >= 0.3 is 7.60 Å². The van der Waals surface area contributed by atoms with Crippen molar-refractivity contribution in [3.8, 4) is 0 Å². The highest BCUT2D eigenvalue weighted by Gasteiger charge is 2.25. The highest BCUT2D eigenvalue weighted by molar-refractivity contribution is 7.53. The topological polar surface area (TPSA) is 56.8 Å². The lowest BCUT2D eigenvalue weighted by atomic mass is 10.2. The minimum atomic E-state index is -2.88. The second-order valence-electron chi connectivity index (χ2n) is 3.68. The molecule has 1 atom stereocenters. The van der Waals surface area contributed by atoms with Crippen LogP contribution in [0.25, 0.3) is 0 Å². The number of rotatable bonds is 7. The van der Waals surface area contributed by atoms with Gasteiger partial charge in [0.2, 0.25) is 0 Å². The summed E-state index contributed by atoms with van der Waals surface area (Å²) in [6.07, 6.45) is 1.22. The molecule has 1 unspecified atom stereocenters. The number of nitrogens with one attached hydrogen (secondary N) is 1. The molecule has 1 fully saturated rings. The first-order valence-electron chi connectivity index (χ1n) is 5.89. The zero-order valence-corrected chi connectivity index (χ0v) is 12.2. The van der Waals surface area contributed by atoms with Crippen molar-refractivity contribution in [1.82, 2.24) is 5.32 Å². The molecule has 0 bridgehead atoms. The molecule has 1 aliphatic rings. The molecular weight excluding hydrogens is 265 g/mol. The van der Waals surface area contributed by atoms with Crippen LogP contribution in [-0.2, 0) is 18.3 Å². The Bertz CT molecular complexity index is 226. The predicted octanol–water partition coefficient (Wildman–Crippen LogP) is 2.05. The molecule has 1 saturated heterocycles. The van der Waals surface area contributed by atoms with Gasteiger partial charge in [-0.05, 0) is 20.3 Å². The van der Waals surface area contributed by atoms with Crippen molar-refractivity contribution in [2.75, 3.05) is 39.1 Å². The number of hydrogen-bond donors (Lipinski definition) is 1. The molecule has 1 heterocycles. The Kier molecular flexibility index (Phi) is 9.51. The fraction of sp³-hybridized carbons (Fsp3) is 1.00. The van der Waals surface area contributed by atoms with E-state index >= 15 is 0 Å². The van der Waals surface area contributed by atoms with Gasteiger partial charge < -0.3 is 19.1 Å². The van der Waals surface area contributed by atoms with Gasteiger partial charge in [-0.2, -0.15) is 0 Å². The molecule has 17 heavy (non-hydrogen) atoms. The molecule has 0 aliphatic carbocycles. The van der Waals surface area contributed by atoms with Crippen molar-refractivity contribution in [1.29, 1.82) is 0 Å². The van der Waals surface area contributed by atoms with Crippen LogP contribution in [-0.4, -0.2) is 45.2 Å². The number of hydrogen-bond acceptors (Lipinski definition) is 5. The standard InChI is InChI=1S/C10H22NO4P.ClH/c1-3-14-16(12,15-4-2)8-5-10-9-13-7-6-11-10;/h10-11H,3-9H2,1-2H3;1H. The van der Waals surface area contributed by atoms with Crippen LogP contribution in [0.2, 0.25) is 0 Å². The fourth-order valence-electron chi connectivity index (χ4n) is 1.68. The van der Waals surface area contributed by atoms with Crippen LogP contribution in [0.5, 0.6) is 0 Å². The Hall–Kier alpha value is 0.360. The van der Waals surface area contributed by atoms with E-state index in [1.54, 1.807) is 0 Å². The number of halogens is 1. The summed E-state index contributed by atoms with van der Waals surface area (Å²) in [6, 6.07) is 0.267. The third-order valence-corrected chi connectivity index (χ3v) is 4.51. The maximum atomic E-state index is 12.1. The zero-order chi connectivity index (χ0) is 11.9.